The lowest BCUT2D eigenvalue weighted by Gasteiger charge is -2.17. The molecule has 2 amide bonds. The molecule has 0 atom stereocenters. The molecule has 4 nitrogen and oxygen atoms in total. The normalized spacial score (nSPS) is 10.0. The van der Waals surface area contributed by atoms with Gasteiger partial charge in [-0.1, -0.05) is 72.5 Å². The summed E-state index contributed by atoms with van der Waals surface area (Å²) in [5.74, 6) is 4.95. The second kappa shape index (κ2) is 9.20. The van der Waals surface area contributed by atoms with Gasteiger partial charge in [0.15, 0.2) is 0 Å². The Morgan fingerprint density at radius 2 is 1.36 bits per heavy atom. The van der Waals surface area contributed by atoms with Gasteiger partial charge in [0.05, 0.1) is 12.5 Å². The molecule has 0 aromatic heterocycles. The van der Waals surface area contributed by atoms with Crippen LogP contribution in [0.1, 0.15) is 33.0 Å². The molecule has 0 aliphatic rings. The highest BCUT2D eigenvalue weighted by molar-refractivity contribution is 5.92. The smallest absolute Gasteiger partial charge is 0.248 e. The van der Waals surface area contributed by atoms with Gasteiger partial charge in [0, 0.05) is 11.1 Å². The third kappa shape index (κ3) is 4.87. The van der Waals surface area contributed by atoms with Gasteiger partial charge in [0.25, 0.3) is 0 Å². The van der Waals surface area contributed by atoms with Crippen LogP contribution in [-0.4, -0.2) is 18.4 Å². The van der Waals surface area contributed by atoms with Crippen LogP contribution in [0.15, 0.2) is 84.9 Å². The quantitative estimate of drug-likeness (QED) is 0.680. The molecule has 0 fully saturated rings. The van der Waals surface area contributed by atoms with Crippen LogP contribution in [0, 0.1) is 11.8 Å². The van der Waals surface area contributed by atoms with Gasteiger partial charge in [0.1, 0.15) is 0 Å². The van der Waals surface area contributed by atoms with Crippen molar-refractivity contribution < 1.29 is 9.59 Å². The minimum absolute atomic E-state index is 0.101. The fourth-order valence-electron chi connectivity index (χ4n) is 2.88. The van der Waals surface area contributed by atoms with E-state index in [1.165, 1.54) is 0 Å². The minimum Gasteiger partial charge on any atom is -0.366 e. The van der Waals surface area contributed by atoms with E-state index in [2.05, 4.69) is 17.2 Å². The first-order valence-corrected chi connectivity index (χ1v) is 8.91. The Bertz CT molecular complexity index is 962. The number of hydrogen-bond acceptors (Lipinski definition) is 2. The Labute approximate surface area is 164 Å². The molecular weight excluding hydrogens is 348 g/mol. The molecule has 138 valence electrons. The van der Waals surface area contributed by atoms with Gasteiger partial charge in [-0.3, -0.25) is 9.59 Å². The first-order chi connectivity index (χ1) is 13.6. The highest BCUT2D eigenvalue weighted by Crippen LogP contribution is 2.24. The maximum atomic E-state index is 12.8. The average Bonchev–Trinajstić information content (AvgIpc) is 2.73. The van der Waals surface area contributed by atoms with Gasteiger partial charge in [-0.05, 0) is 35.4 Å². The highest BCUT2D eigenvalue weighted by atomic mass is 16.2. The SMILES string of the molecule is NC(=O)c1ccc(C#CCNC(=O)C(c2ccccc2)c2ccccc2)cc1. The van der Waals surface area contributed by atoms with Crippen LogP contribution in [-0.2, 0) is 4.79 Å². The summed E-state index contributed by atoms with van der Waals surface area (Å²) in [4.78, 5) is 23.9. The van der Waals surface area contributed by atoms with Crippen molar-refractivity contribution in [2.45, 2.75) is 5.92 Å². The topological polar surface area (TPSA) is 72.2 Å². The van der Waals surface area contributed by atoms with Crippen LogP contribution in [0.5, 0.6) is 0 Å². The molecular formula is C24H20N2O2. The van der Waals surface area contributed by atoms with Crippen molar-refractivity contribution in [3.05, 3.63) is 107 Å². The van der Waals surface area contributed by atoms with E-state index in [1.807, 2.05) is 60.7 Å². The van der Waals surface area contributed by atoms with Gasteiger partial charge >= 0.3 is 0 Å². The lowest BCUT2D eigenvalue weighted by atomic mass is 9.90. The van der Waals surface area contributed by atoms with Crippen LogP contribution < -0.4 is 11.1 Å². The Kier molecular flexibility index (Phi) is 6.22. The summed E-state index contributed by atoms with van der Waals surface area (Å²) in [6, 6.07) is 26.1. The van der Waals surface area contributed by atoms with E-state index in [4.69, 9.17) is 5.73 Å². The molecule has 0 saturated heterocycles. The van der Waals surface area contributed by atoms with E-state index in [9.17, 15) is 9.59 Å². The van der Waals surface area contributed by atoms with Crippen molar-refractivity contribution >= 4 is 11.8 Å². The van der Waals surface area contributed by atoms with Gasteiger partial charge in [-0.25, -0.2) is 0 Å². The molecule has 3 aromatic rings. The predicted molar refractivity (Wildman–Crippen MR) is 110 cm³/mol. The van der Waals surface area contributed by atoms with Gasteiger partial charge < -0.3 is 11.1 Å². The summed E-state index contributed by atoms with van der Waals surface area (Å²) < 4.78 is 0. The zero-order valence-corrected chi connectivity index (χ0v) is 15.3. The molecule has 0 heterocycles. The number of amides is 2. The molecule has 0 unspecified atom stereocenters. The van der Waals surface area contributed by atoms with Gasteiger partial charge in [-0.2, -0.15) is 0 Å². The summed E-state index contributed by atoms with van der Waals surface area (Å²) in [5, 5.41) is 2.89. The summed E-state index contributed by atoms with van der Waals surface area (Å²) in [5.41, 5.74) is 8.27. The molecule has 0 spiro atoms. The van der Waals surface area contributed by atoms with Crippen molar-refractivity contribution in [2.75, 3.05) is 6.54 Å². The Morgan fingerprint density at radius 3 is 1.86 bits per heavy atom. The van der Waals surface area contributed by atoms with Crippen molar-refractivity contribution in [3.8, 4) is 11.8 Å². The number of hydrogen-bond donors (Lipinski definition) is 2. The lowest BCUT2D eigenvalue weighted by molar-refractivity contribution is -0.121. The zero-order chi connectivity index (χ0) is 19.8. The summed E-state index contributed by atoms with van der Waals surface area (Å²) in [6.07, 6.45) is 0. The maximum absolute atomic E-state index is 12.8. The van der Waals surface area contributed by atoms with Crippen LogP contribution in [0.2, 0.25) is 0 Å². The zero-order valence-electron chi connectivity index (χ0n) is 15.3. The van der Waals surface area contributed by atoms with Crippen LogP contribution in [0.3, 0.4) is 0 Å². The average molecular weight is 368 g/mol. The second-order valence-corrected chi connectivity index (χ2v) is 6.22. The summed E-state index contributed by atoms with van der Waals surface area (Å²) in [6.45, 7) is 0.229. The molecule has 3 N–H and O–H groups in total. The van der Waals surface area contributed by atoms with Gasteiger partial charge in [0.2, 0.25) is 11.8 Å². The van der Waals surface area contributed by atoms with Crippen LogP contribution >= 0.6 is 0 Å². The molecule has 3 aromatic carbocycles. The lowest BCUT2D eigenvalue weighted by Crippen LogP contribution is -2.30. The largest absolute Gasteiger partial charge is 0.366 e. The van der Waals surface area contributed by atoms with Crippen molar-refractivity contribution in [3.63, 3.8) is 0 Å². The predicted octanol–water partition coefficient (Wildman–Crippen LogP) is 3.09. The molecule has 4 heteroatoms. The third-order valence-corrected chi connectivity index (χ3v) is 4.28. The Morgan fingerprint density at radius 1 is 0.821 bits per heavy atom. The number of nitrogens with two attached hydrogens (primary N) is 1. The number of benzene rings is 3. The molecule has 0 saturated carbocycles. The monoisotopic (exact) mass is 368 g/mol. The van der Waals surface area contributed by atoms with E-state index in [0.717, 1.165) is 16.7 Å². The number of carbonyl (C=O) groups excluding carboxylic acids is 2. The standard InChI is InChI=1S/C24H20N2O2/c25-23(27)21-15-13-18(14-16-21)8-7-17-26-24(28)22(19-9-3-1-4-10-19)20-11-5-2-6-12-20/h1-6,9-16,22H,17H2,(H2,25,27)(H,26,28). The molecule has 0 aliphatic heterocycles. The fourth-order valence-corrected chi connectivity index (χ4v) is 2.88. The maximum Gasteiger partial charge on any atom is 0.248 e. The van der Waals surface area contributed by atoms with Gasteiger partial charge in [-0.15, -0.1) is 0 Å². The minimum atomic E-state index is -0.473. The van der Waals surface area contributed by atoms with Crippen molar-refractivity contribution in [1.29, 1.82) is 0 Å². The third-order valence-electron chi connectivity index (χ3n) is 4.28. The summed E-state index contributed by atoms with van der Waals surface area (Å²) >= 11 is 0. The number of rotatable bonds is 5. The van der Waals surface area contributed by atoms with E-state index in [0.29, 0.717) is 5.56 Å². The van der Waals surface area contributed by atoms with E-state index < -0.39 is 5.91 Å². The molecule has 0 radical (unpaired) electrons. The van der Waals surface area contributed by atoms with Crippen molar-refractivity contribution in [1.82, 2.24) is 5.32 Å². The number of carbonyl (C=O) groups is 2. The second-order valence-electron chi connectivity index (χ2n) is 6.22. The van der Waals surface area contributed by atoms with E-state index >= 15 is 0 Å². The Hall–Kier alpha value is -3.84. The Balaban J connectivity index is 1.69. The van der Waals surface area contributed by atoms with Crippen molar-refractivity contribution in [2.24, 2.45) is 5.73 Å². The molecule has 3 rings (SSSR count). The van der Waals surface area contributed by atoms with Crippen LogP contribution in [0.25, 0.3) is 0 Å². The number of primary amides is 1. The highest BCUT2D eigenvalue weighted by Gasteiger charge is 2.21. The number of nitrogens with one attached hydrogen (secondary N) is 1. The first kappa shape index (κ1) is 18.9. The molecule has 28 heavy (non-hydrogen) atoms. The molecule has 0 bridgehead atoms. The van der Waals surface area contributed by atoms with E-state index in [-0.39, 0.29) is 18.4 Å². The van der Waals surface area contributed by atoms with E-state index in [1.54, 1.807) is 24.3 Å². The fraction of sp³-hybridized carbons (Fsp3) is 0.0833. The summed E-state index contributed by atoms with van der Waals surface area (Å²) in [7, 11) is 0. The van der Waals surface area contributed by atoms with Crippen LogP contribution in [0.4, 0.5) is 0 Å². The molecule has 0 aliphatic carbocycles. The first-order valence-electron chi connectivity index (χ1n) is 8.91.